The van der Waals surface area contributed by atoms with E-state index in [1.807, 2.05) is 0 Å². The van der Waals surface area contributed by atoms with Crippen molar-refractivity contribution in [2.45, 2.75) is 13.0 Å². The smallest absolute Gasteiger partial charge is 0.235 e. The highest BCUT2D eigenvalue weighted by atomic mass is 32.2. The lowest BCUT2D eigenvalue weighted by atomic mass is 10.2. The minimum Gasteiger partial charge on any atom is -0.352 e. The molecule has 0 heterocycles. The second-order valence-corrected chi connectivity index (χ2v) is 7.39. The number of hydrogen-bond donors (Lipinski definition) is 1. The Hall–Kier alpha value is -2.41. The first-order valence-electron chi connectivity index (χ1n) is 7.41. The maximum Gasteiger partial charge on any atom is 0.235 e. The van der Waals surface area contributed by atoms with Crippen molar-refractivity contribution in [1.82, 2.24) is 5.32 Å². The molecule has 24 heavy (non-hydrogen) atoms. The van der Waals surface area contributed by atoms with E-state index in [2.05, 4.69) is 5.32 Å². The number of benzene rings is 2. The number of nitrogens with one attached hydrogen (secondary N) is 1. The topological polar surface area (TPSA) is 66.5 Å². The number of amides is 1. The van der Waals surface area contributed by atoms with Crippen LogP contribution in [-0.2, 0) is 21.4 Å². The molecule has 1 amide bonds. The molecule has 0 aliphatic carbocycles. The van der Waals surface area contributed by atoms with Gasteiger partial charge in [0.15, 0.2) is 0 Å². The summed E-state index contributed by atoms with van der Waals surface area (Å²) in [5.74, 6) is -1.00. The van der Waals surface area contributed by atoms with Crippen LogP contribution in [0.25, 0.3) is 0 Å². The molecular weight excluding hydrogens is 331 g/mol. The minimum atomic E-state index is -3.57. The van der Waals surface area contributed by atoms with Gasteiger partial charge in [0, 0.05) is 20.0 Å². The van der Waals surface area contributed by atoms with Crippen LogP contribution in [-0.4, -0.2) is 27.1 Å². The number of rotatable bonds is 7. The predicted octanol–water partition coefficient (Wildman–Crippen LogP) is 2.30. The van der Waals surface area contributed by atoms with Crippen LogP contribution in [0.5, 0.6) is 0 Å². The van der Waals surface area contributed by atoms with Gasteiger partial charge in [-0.25, -0.2) is 12.8 Å². The quantitative estimate of drug-likeness (QED) is 0.833. The van der Waals surface area contributed by atoms with Gasteiger partial charge in [0.25, 0.3) is 0 Å². The van der Waals surface area contributed by atoms with Crippen molar-refractivity contribution in [1.29, 1.82) is 0 Å². The summed E-state index contributed by atoms with van der Waals surface area (Å²) in [6.45, 7) is 0.230. The van der Waals surface area contributed by atoms with Gasteiger partial charge >= 0.3 is 0 Å². The summed E-state index contributed by atoms with van der Waals surface area (Å²) in [7, 11) is -2.11. The molecule has 0 saturated heterocycles. The van der Waals surface area contributed by atoms with Crippen LogP contribution in [0.15, 0.2) is 54.6 Å². The number of hydrogen-bond acceptors (Lipinski definition) is 3. The Morgan fingerprint density at radius 1 is 1.08 bits per heavy atom. The van der Waals surface area contributed by atoms with Gasteiger partial charge in [-0.05, 0) is 29.8 Å². The summed E-state index contributed by atoms with van der Waals surface area (Å²) in [6, 6.07) is 14.4. The predicted molar refractivity (Wildman–Crippen MR) is 91.5 cm³/mol. The van der Waals surface area contributed by atoms with E-state index in [9.17, 15) is 17.6 Å². The highest BCUT2D eigenvalue weighted by molar-refractivity contribution is 7.92. The number of anilines is 1. The highest BCUT2D eigenvalue weighted by Crippen LogP contribution is 2.15. The zero-order valence-corrected chi connectivity index (χ0v) is 14.1. The van der Waals surface area contributed by atoms with Crippen molar-refractivity contribution in [3.8, 4) is 0 Å². The van der Waals surface area contributed by atoms with Crippen LogP contribution in [0.3, 0.4) is 0 Å². The fourth-order valence-corrected chi connectivity index (χ4v) is 3.21. The lowest BCUT2D eigenvalue weighted by Gasteiger charge is -2.19. The molecule has 2 aromatic rings. The summed E-state index contributed by atoms with van der Waals surface area (Å²) < 4.78 is 38.5. The molecule has 2 aromatic carbocycles. The van der Waals surface area contributed by atoms with Crippen molar-refractivity contribution < 1.29 is 17.6 Å². The Kier molecular flexibility index (Phi) is 5.92. The van der Waals surface area contributed by atoms with Gasteiger partial charge in [-0.2, -0.15) is 0 Å². The monoisotopic (exact) mass is 350 g/mol. The van der Waals surface area contributed by atoms with Crippen LogP contribution in [0.1, 0.15) is 12.0 Å². The van der Waals surface area contributed by atoms with Gasteiger partial charge in [-0.3, -0.25) is 9.10 Å². The fraction of sp³-hybridized carbons (Fsp3) is 0.235. The molecule has 0 aliphatic rings. The molecule has 0 radical (unpaired) electrons. The Morgan fingerprint density at radius 2 is 1.71 bits per heavy atom. The SMILES string of the molecule is CN(c1ccccc1)S(=O)(=O)CCC(=O)NCc1ccc(F)cc1. The van der Waals surface area contributed by atoms with Crippen LogP contribution < -0.4 is 9.62 Å². The largest absolute Gasteiger partial charge is 0.352 e. The van der Waals surface area contributed by atoms with E-state index in [1.165, 1.54) is 23.5 Å². The Bertz CT molecular complexity index is 777. The Balaban J connectivity index is 1.85. The van der Waals surface area contributed by atoms with E-state index in [-0.39, 0.29) is 30.4 Å². The molecule has 5 nitrogen and oxygen atoms in total. The molecule has 0 aromatic heterocycles. The van der Waals surface area contributed by atoms with Crippen molar-refractivity contribution in [3.05, 3.63) is 66.0 Å². The number of sulfonamides is 1. The summed E-state index contributed by atoms with van der Waals surface area (Å²) >= 11 is 0. The molecule has 2 rings (SSSR count). The first kappa shape index (κ1) is 17.9. The van der Waals surface area contributed by atoms with Gasteiger partial charge in [0.2, 0.25) is 15.9 Å². The molecule has 0 fully saturated rings. The first-order valence-corrected chi connectivity index (χ1v) is 9.02. The maximum absolute atomic E-state index is 12.8. The summed E-state index contributed by atoms with van der Waals surface area (Å²) in [4.78, 5) is 11.8. The Labute approximate surface area is 141 Å². The normalized spacial score (nSPS) is 11.1. The number of nitrogens with zero attached hydrogens (tertiary/aromatic N) is 1. The van der Waals surface area contributed by atoms with Gasteiger partial charge in [-0.15, -0.1) is 0 Å². The number of halogens is 1. The summed E-state index contributed by atoms with van der Waals surface area (Å²) in [6.07, 6.45) is -0.138. The van der Waals surface area contributed by atoms with E-state index in [0.29, 0.717) is 5.69 Å². The van der Waals surface area contributed by atoms with Crippen LogP contribution >= 0.6 is 0 Å². The molecule has 0 aliphatic heterocycles. The van der Waals surface area contributed by atoms with Crippen molar-refractivity contribution in [3.63, 3.8) is 0 Å². The molecule has 1 N–H and O–H groups in total. The van der Waals surface area contributed by atoms with Crippen molar-refractivity contribution in [2.24, 2.45) is 0 Å². The molecule has 128 valence electrons. The van der Waals surface area contributed by atoms with Crippen LogP contribution in [0, 0.1) is 5.82 Å². The molecule has 7 heteroatoms. The number of para-hydroxylation sites is 1. The molecular formula is C17H19FN2O3S. The molecule has 0 atom stereocenters. The van der Waals surface area contributed by atoms with E-state index in [0.717, 1.165) is 5.56 Å². The third-order valence-electron chi connectivity index (χ3n) is 3.53. The molecule has 0 bridgehead atoms. The highest BCUT2D eigenvalue weighted by Gasteiger charge is 2.19. The third kappa shape index (κ3) is 5.06. The van der Waals surface area contributed by atoms with E-state index in [4.69, 9.17) is 0 Å². The van der Waals surface area contributed by atoms with Crippen molar-refractivity contribution >= 4 is 21.6 Å². The number of carbonyl (C=O) groups excluding carboxylic acids is 1. The first-order chi connectivity index (χ1) is 11.4. The zero-order chi connectivity index (χ0) is 17.6. The van der Waals surface area contributed by atoms with Gasteiger partial charge in [-0.1, -0.05) is 30.3 Å². The molecule has 0 saturated carbocycles. The van der Waals surface area contributed by atoms with Gasteiger partial charge in [0.1, 0.15) is 5.82 Å². The lowest BCUT2D eigenvalue weighted by molar-refractivity contribution is -0.120. The van der Waals surface area contributed by atoms with Gasteiger partial charge < -0.3 is 5.32 Å². The second kappa shape index (κ2) is 7.92. The average Bonchev–Trinajstić information content (AvgIpc) is 2.59. The maximum atomic E-state index is 12.8. The minimum absolute atomic E-state index is 0.138. The van der Waals surface area contributed by atoms with Crippen molar-refractivity contribution in [2.75, 3.05) is 17.1 Å². The molecule has 0 spiro atoms. The summed E-state index contributed by atoms with van der Waals surface area (Å²) in [5.41, 5.74) is 1.29. The summed E-state index contributed by atoms with van der Waals surface area (Å²) in [5, 5.41) is 2.63. The Morgan fingerprint density at radius 3 is 2.33 bits per heavy atom. The van der Waals surface area contributed by atoms with Gasteiger partial charge in [0.05, 0.1) is 11.4 Å². The number of carbonyl (C=O) groups is 1. The lowest BCUT2D eigenvalue weighted by Crippen LogP contribution is -2.32. The molecule has 0 unspecified atom stereocenters. The third-order valence-corrected chi connectivity index (χ3v) is 5.29. The zero-order valence-electron chi connectivity index (χ0n) is 13.3. The fourth-order valence-electron chi connectivity index (χ4n) is 2.05. The van der Waals surface area contributed by atoms with Crippen LogP contribution in [0.2, 0.25) is 0 Å². The van der Waals surface area contributed by atoms with E-state index in [1.54, 1.807) is 42.5 Å². The standard InChI is InChI=1S/C17H19FN2O3S/c1-20(16-5-3-2-4-6-16)24(22,23)12-11-17(21)19-13-14-7-9-15(18)10-8-14/h2-10H,11-13H2,1H3,(H,19,21). The van der Waals surface area contributed by atoms with E-state index < -0.39 is 10.0 Å². The average molecular weight is 350 g/mol. The van der Waals surface area contributed by atoms with Crippen LogP contribution in [0.4, 0.5) is 10.1 Å². The second-order valence-electron chi connectivity index (χ2n) is 5.27. The van der Waals surface area contributed by atoms with E-state index >= 15 is 0 Å².